The maximum atomic E-state index is 12.8. The number of nitrogens with zero attached hydrogens (tertiary/aromatic N) is 2. The quantitative estimate of drug-likeness (QED) is 0.732. The molecule has 1 saturated heterocycles. The van der Waals surface area contributed by atoms with Gasteiger partial charge >= 0.3 is 0 Å². The van der Waals surface area contributed by atoms with Crippen LogP contribution in [-0.4, -0.2) is 34.9 Å². The first kappa shape index (κ1) is 18.5. The third-order valence-corrected chi connectivity index (χ3v) is 5.27. The molecule has 2 aromatic rings. The Morgan fingerprint density at radius 2 is 1.86 bits per heavy atom. The maximum absolute atomic E-state index is 12.8. The fraction of sp³-hybridized carbons (Fsp3) is 0.368. The van der Waals surface area contributed by atoms with E-state index in [-0.39, 0.29) is 23.7 Å². The molecule has 0 aliphatic carbocycles. The van der Waals surface area contributed by atoms with Gasteiger partial charge in [0.05, 0.1) is 11.5 Å². The molecule has 1 atom stereocenters. The number of fused-ring (bicyclic) bond motifs is 1. The van der Waals surface area contributed by atoms with Crippen molar-refractivity contribution in [3.05, 3.63) is 45.2 Å². The average Bonchev–Trinajstić information content (AvgIpc) is 2.69. The lowest BCUT2D eigenvalue weighted by Crippen LogP contribution is -2.38. The first-order valence-electron chi connectivity index (χ1n) is 9.27. The van der Waals surface area contributed by atoms with Crippen LogP contribution in [-0.2, 0) is 9.59 Å². The molecule has 2 aliphatic heterocycles. The predicted molar refractivity (Wildman–Crippen MR) is 107 cm³/mol. The highest BCUT2D eigenvalue weighted by Gasteiger charge is 2.35. The summed E-state index contributed by atoms with van der Waals surface area (Å²) in [5.74, 6) is -1.09. The van der Waals surface area contributed by atoms with Crippen LogP contribution in [0.1, 0.15) is 37.2 Å². The van der Waals surface area contributed by atoms with E-state index < -0.39 is 17.4 Å². The number of halogens is 1. The molecule has 8 nitrogen and oxygen atoms in total. The van der Waals surface area contributed by atoms with Crippen molar-refractivity contribution in [2.45, 2.75) is 31.6 Å². The number of rotatable bonds is 3. The van der Waals surface area contributed by atoms with Crippen LogP contribution in [0.4, 0.5) is 17.5 Å². The summed E-state index contributed by atoms with van der Waals surface area (Å²) in [5.41, 5.74) is 0.324. The number of aromatic nitrogens is 2. The second-order valence-electron chi connectivity index (χ2n) is 7.00. The monoisotopic (exact) mass is 401 g/mol. The van der Waals surface area contributed by atoms with Gasteiger partial charge in [-0.1, -0.05) is 11.6 Å². The maximum Gasteiger partial charge on any atom is 0.258 e. The molecule has 2 amide bonds. The van der Waals surface area contributed by atoms with Crippen molar-refractivity contribution in [3.63, 3.8) is 0 Å². The first-order valence-corrected chi connectivity index (χ1v) is 9.64. The van der Waals surface area contributed by atoms with Crippen LogP contribution < -0.4 is 21.1 Å². The Balaban J connectivity index is 1.64. The highest BCUT2D eigenvalue weighted by atomic mass is 35.5. The van der Waals surface area contributed by atoms with E-state index in [1.54, 1.807) is 24.3 Å². The highest BCUT2D eigenvalue weighted by Crippen LogP contribution is 2.30. The minimum Gasteiger partial charge on any atom is -0.342 e. The van der Waals surface area contributed by atoms with E-state index in [0.29, 0.717) is 16.7 Å². The molecule has 1 aromatic carbocycles. The summed E-state index contributed by atoms with van der Waals surface area (Å²) in [5, 5.41) is 5.93. The normalized spacial score (nSPS) is 19.0. The van der Waals surface area contributed by atoms with Crippen molar-refractivity contribution in [2.24, 2.45) is 0 Å². The summed E-state index contributed by atoms with van der Waals surface area (Å²) in [6, 6.07) is 6.62. The van der Waals surface area contributed by atoms with E-state index in [1.165, 1.54) is 0 Å². The van der Waals surface area contributed by atoms with Gasteiger partial charge in [-0.3, -0.25) is 19.4 Å². The number of amides is 2. The van der Waals surface area contributed by atoms with Crippen molar-refractivity contribution in [1.29, 1.82) is 0 Å². The zero-order valence-corrected chi connectivity index (χ0v) is 15.9. The average molecular weight is 402 g/mol. The molecule has 4 rings (SSSR count). The second-order valence-corrected chi connectivity index (χ2v) is 7.44. The molecule has 0 saturated carbocycles. The summed E-state index contributed by atoms with van der Waals surface area (Å²) < 4.78 is 0. The van der Waals surface area contributed by atoms with Gasteiger partial charge in [-0.05, 0) is 43.5 Å². The molecule has 146 valence electrons. The Morgan fingerprint density at radius 3 is 2.57 bits per heavy atom. The van der Waals surface area contributed by atoms with Gasteiger partial charge in [-0.15, -0.1) is 0 Å². The molecule has 3 N–H and O–H groups in total. The van der Waals surface area contributed by atoms with E-state index in [1.807, 2.05) is 4.90 Å². The van der Waals surface area contributed by atoms with Gasteiger partial charge in [0, 0.05) is 30.2 Å². The van der Waals surface area contributed by atoms with Crippen LogP contribution in [0.3, 0.4) is 0 Å². The fourth-order valence-electron chi connectivity index (χ4n) is 3.60. The lowest BCUT2D eigenvalue weighted by atomic mass is 9.92. The predicted octanol–water partition coefficient (Wildman–Crippen LogP) is 2.48. The van der Waals surface area contributed by atoms with E-state index in [0.717, 1.165) is 32.4 Å². The van der Waals surface area contributed by atoms with Gasteiger partial charge in [0.15, 0.2) is 0 Å². The van der Waals surface area contributed by atoms with Gasteiger partial charge in [-0.2, -0.15) is 4.98 Å². The smallest absolute Gasteiger partial charge is 0.258 e. The molecule has 1 aromatic heterocycles. The van der Waals surface area contributed by atoms with Gasteiger partial charge in [0.2, 0.25) is 17.8 Å². The summed E-state index contributed by atoms with van der Waals surface area (Å²) in [7, 11) is 0. The molecule has 1 fully saturated rings. The number of piperidine rings is 1. The third kappa shape index (κ3) is 3.73. The summed E-state index contributed by atoms with van der Waals surface area (Å²) in [6.07, 6.45) is 3.09. The lowest BCUT2D eigenvalue weighted by Gasteiger charge is -2.29. The van der Waals surface area contributed by atoms with Crippen LogP contribution in [0, 0.1) is 0 Å². The Bertz CT molecular complexity index is 967. The van der Waals surface area contributed by atoms with Gasteiger partial charge in [0.1, 0.15) is 5.82 Å². The van der Waals surface area contributed by atoms with Gasteiger partial charge in [0.25, 0.3) is 5.56 Å². The number of carbonyl (C=O) groups excluding carboxylic acids is 2. The highest BCUT2D eigenvalue weighted by molar-refractivity contribution is 6.30. The molecule has 28 heavy (non-hydrogen) atoms. The zero-order chi connectivity index (χ0) is 19.7. The molecule has 0 radical (unpaired) electrons. The summed E-state index contributed by atoms with van der Waals surface area (Å²) >= 11 is 5.86. The molecule has 0 bridgehead atoms. The van der Waals surface area contributed by atoms with Crippen LogP contribution in [0.25, 0.3) is 0 Å². The molecule has 3 heterocycles. The van der Waals surface area contributed by atoms with Gasteiger partial charge < -0.3 is 15.5 Å². The number of carbonyl (C=O) groups is 2. The van der Waals surface area contributed by atoms with Crippen LogP contribution in [0.5, 0.6) is 0 Å². The Labute approximate surface area is 166 Å². The summed E-state index contributed by atoms with van der Waals surface area (Å²) in [4.78, 5) is 46.9. The molecular formula is C19H20ClN5O3. The van der Waals surface area contributed by atoms with E-state index in [2.05, 4.69) is 20.6 Å². The Morgan fingerprint density at radius 1 is 1.14 bits per heavy atom. The second kappa shape index (κ2) is 7.63. The third-order valence-electron chi connectivity index (χ3n) is 5.02. The van der Waals surface area contributed by atoms with E-state index >= 15 is 0 Å². The van der Waals surface area contributed by atoms with Crippen molar-refractivity contribution in [2.75, 3.05) is 28.6 Å². The molecular weight excluding hydrogens is 382 g/mol. The van der Waals surface area contributed by atoms with Crippen LogP contribution in [0.15, 0.2) is 29.1 Å². The topological polar surface area (TPSA) is 107 Å². The molecule has 2 aliphatic rings. The van der Waals surface area contributed by atoms with E-state index in [4.69, 9.17) is 11.6 Å². The van der Waals surface area contributed by atoms with Gasteiger partial charge in [-0.25, -0.2) is 0 Å². The number of hydrogen-bond acceptors (Lipinski definition) is 5. The minimum atomic E-state index is -0.911. The molecule has 0 spiro atoms. The standard InChI is InChI=1S/C19H20ClN5O3/c20-11-4-6-12(7-5-11)21-17(27)13-10-14(26)22-16-15(13)18(28)24-19(23-16)25-8-2-1-3-9-25/h4-7,13H,1-3,8-10H2,(H,21,27)(H2,22,23,24,26,28). The van der Waals surface area contributed by atoms with Crippen molar-refractivity contribution < 1.29 is 9.59 Å². The largest absolute Gasteiger partial charge is 0.342 e. The van der Waals surface area contributed by atoms with E-state index in [9.17, 15) is 14.4 Å². The number of hydrogen-bond donors (Lipinski definition) is 3. The molecule has 1 unspecified atom stereocenters. The SMILES string of the molecule is O=C1CC(C(=O)Nc2ccc(Cl)cc2)c2c(nc(N3CCCCC3)[nH]c2=O)N1. The Kier molecular flexibility index (Phi) is 5.04. The van der Waals surface area contributed by atoms with Crippen LogP contribution in [0.2, 0.25) is 5.02 Å². The van der Waals surface area contributed by atoms with Crippen molar-refractivity contribution in [1.82, 2.24) is 9.97 Å². The summed E-state index contributed by atoms with van der Waals surface area (Å²) in [6.45, 7) is 1.60. The number of benzene rings is 1. The van der Waals surface area contributed by atoms with Crippen molar-refractivity contribution in [3.8, 4) is 0 Å². The van der Waals surface area contributed by atoms with Crippen molar-refractivity contribution >= 4 is 40.9 Å². The minimum absolute atomic E-state index is 0.111. The number of nitrogens with one attached hydrogen (secondary N) is 3. The number of anilines is 3. The first-order chi connectivity index (χ1) is 13.5. The number of aromatic amines is 1. The molecule has 9 heteroatoms. The fourth-order valence-corrected chi connectivity index (χ4v) is 3.73. The zero-order valence-electron chi connectivity index (χ0n) is 15.1. The lowest BCUT2D eigenvalue weighted by molar-refractivity contribution is -0.123. The van der Waals surface area contributed by atoms with Crippen LogP contribution >= 0.6 is 11.6 Å². The Hall–Kier alpha value is -2.87. The number of H-pyrrole nitrogens is 1.